The van der Waals surface area contributed by atoms with Crippen molar-refractivity contribution < 1.29 is 0 Å². The predicted molar refractivity (Wildman–Crippen MR) is 64.3 cm³/mol. The second-order valence-electron chi connectivity index (χ2n) is 3.63. The summed E-state index contributed by atoms with van der Waals surface area (Å²) in [6.45, 7) is 0. The van der Waals surface area contributed by atoms with Gasteiger partial charge in [0.15, 0.2) is 0 Å². The number of hydrogen-bond donors (Lipinski definition) is 0. The van der Waals surface area contributed by atoms with Crippen molar-refractivity contribution in [3.63, 3.8) is 0 Å². The average Bonchev–Trinajstić information content (AvgIpc) is 2.80. The first-order valence-electron chi connectivity index (χ1n) is 5.15. The quantitative estimate of drug-likeness (QED) is 0.750. The van der Waals surface area contributed by atoms with Crippen LogP contribution in [0.3, 0.4) is 0 Å². The minimum absolute atomic E-state index is 0.0544. The van der Waals surface area contributed by atoms with Crippen LogP contribution >= 0.6 is 11.8 Å². The molecule has 0 amide bonds. The van der Waals surface area contributed by atoms with E-state index in [0.29, 0.717) is 0 Å². The molecule has 0 saturated carbocycles. The van der Waals surface area contributed by atoms with Crippen molar-refractivity contribution >= 4 is 11.8 Å². The van der Waals surface area contributed by atoms with E-state index in [9.17, 15) is 4.79 Å². The van der Waals surface area contributed by atoms with Gasteiger partial charge in [0.1, 0.15) is 6.33 Å². The van der Waals surface area contributed by atoms with Crippen LogP contribution < -0.4 is 5.56 Å². The minimum Gasteiger partial charge on any atom is -0.268 e. The number of benzene rings is 1. The lowest BCUT2D eigenvalue weighted by molar-refractivity contribution is 0.852. The van der Waals surface area contributed by atoms with Crippen molar-refractivity contribution in [1.82, 2.24) is 9.55 Å². The number of aryl methyl sites for hydroxylation is 1. The van der Waals surface area contributed by atoms with Crippen LogP contribution in [0.15, 0.2) is 46.3 Å². The van der Waals surface area contributed by atoms with Crippen LogP contribution in [-0.2, 0) is 6.42 Å². The van der Waals surface area contributed by atoms with Crippen molar-refractivity contribution in [3.8, 4) is 5.69 Å². The first kappa shape index (κ1) is 9.66. The summed E-state index contributed by atoms with van der Waals surface area (Å²) in [5.41, 5.74) is 1.87. The number of hydrogen-bond acceptors (Lipinski definition) is 3. The molecular weight excluding hydrogens is 220 g/mol. The van der Waals surface area contributed by atoms with Crippen LogP contribution in [0.1, 0.15) is 5.69 Å². The van der Waals surface area contributed by atoms with Crippen molar-refractivity contribution in [2.45, 2.75) is 11.3 Å². The topological polar surface area (TPSA) is 34.9 Å². The molecular formula is C12H10N2OS. The Morgan fingerprint density at radius 2 is 2.06 bits per heavy atom. The molecule has 2 aromatic rings. The molecule has 3 rings (SSSR count). The molecule has 0 unspecified atom stereocenters. The summed E-state index contributed by atoms with van der Waals surface area (Å²) in [6.07, 6.45) is 2.53. The third-order valence-electron chi connectivity index (χ3n) is 2.62. The highest BCUT2D eigenvalue weighted by Crippen LogP contribution is 2.26. The van der Waals surface area contributed by atoms with E-state index >= 15 is 0 Å². The molecule has 0 fully saturated rings. The molecule has 1 aromatic carbocycles. The number of nitrogens with zero attached hydrogens (tertiary/aromatic N) is 2. The molecule has 80 valence electrons. The Morgan fingerprint density at radius 3 is 2.88 bits per heavy atom. The van der Waals surface area contributed by atoms with Crippen molar-refractivity contribution in [1.29, 1.82) is 0 Å². The van der Waals surface area contributed by atoms with Gasteiger partial charge in [0.25, 0.3) is 5.56 Å². The van der Waals surface area contributed by atoms with Gasteiger partial charge in [-0.3, -0.25) is 9.36 Å². The Hall–Kier alpha value is -1.55. The summed E-state index contributed by atoms with van der Waals surface area (Å²) in [5.74, 6) is 0.969. The SMILES string of the molecule is O=c1c2c(ncn1-c1ccccc1)CCS2. The normalized spacial score (nSPS) is 13.8. The molecule has 0 radical (unpaired) electrons. The minimum atomic E-state index is 0.0544. The fourth-order valence-corrected chi connectivity index (χ4v) is 2.86. The van der Waals surface area contributed by atoms with E-state index in [1.165, 1.54) is 0 Å². The van der Waals surface area contributed by atoms with E-state index in [1.807, 2.05) is 30.3 Å². The highest BCUT2D eigenvalue weighted by molar-refractivity contribution is 7.99. The summed E-state index contributed by atoms with van der Waals surface area (Å²) < 4.78 is 1.61. The van der Waals surface area contributed by atoms with Gasteiger partial charge in [0.2, 0.25) is 0 Å². The lowest BCUT2D eigenvalue weighted by Gasteiger charge is -2.06. The molecule has 16 heavy (non-hydrogen) atoms. The fraction of sp³-hybridized carbons (Fsp3) is 0.167. The zero-order chi connectivity index (χ0) is 11.0. The van der Waals surface area contributed by atoms with E-state index < -0.39 is 0 Å². The van der Waals surface area contributed by atoms with E-state index in [2.05, 4.69) is 4.98 Å². The van der Waals surface area contributed by atoms with Crippen molar-refractivity contribution in [2.24, 2.45) is 0 Å². The maximum atomic E-state index is 12.2. The highest BCUT2D eigenvalue weighted by atomic mass is 32.2. The molecule has 4 heteroatoms. The van der Waals surface area contributed by atoms with E-state index in [0.717, 1.165) is 28.5 Å². The van der Waals surface area contributed by atoms with Gasteiger partial charge in [-0.15, -0.1) is 11.8 Å². The Morgan fingerprint density at radius 1 is 1.25 bits per heavy atom. The van der Waals surface area contributed by atoms with Gasteiger partial charge in [-0.1, -0.05) is 18.2 Å². The molecule has 0 N–H and O–H groups in total. The third kappa shape index (κ3) is 1.46. The Kier molecular flexibility index (Phi) is 2.29. The third-order valence-corrected chi connectivity index (χ3v) is 3.73. The summed E-state index contributed by atoms with van der Waals surface area (Å²) in [5, 5.41) is 0. The monoisotopic (exact) mass is 230 g/mol. The number of para-hydroxylation sites is 1. The Labute approximate surface area is 97.1 Å². The van der Waals surface area contributed by atoms with Gasteiger partial charge in [0, 0.05) is 12.2 Å². The molecule has 0 aliphatic carbocycles. The van der Waals surface area contributed by atoms with Crippen LogP contribution in [0.4, 0.5) is 0 Å². The van der Waals surface area contributed by atoms with Gasteiger partial charge in [0.05, 0.1) is 16.3 Å². The van der Waals surface area contributed by atoms with E-state index in [4.69, 9.17) is 0 Å². The van der Waals surface area contributed by atoms with Crippen LogP contribution in [0.25, 0.3) is 5.69 Å². The van der Waals surface area contributed by atoms with Gasteiger partial charge in [-0.05, 0) is 12.1 Å². The number of thioether (sulfide) groups is 1. The Balaban J connectivity index is 2.21. The Bertz CT molecular complexity index is 577. The van der Waals surface area contributed by atoms with E-state index in [-0.39, 0.29) is 5.56 Å². The highest BCUT2D eigenvalue weighted by Gasteiger charge is 2.18. The van der Waals surface area contributed by atoms with Crippen LogP contribution in [0.5, 0.6) is 0 Å². The predicted octanol–water partition coefficient (Wildman–Crippen LogP) is 1.88. The second-order valence-corrected chi connectivity index (χ2v) is 4.73. The zero-order valence-corrected chi connectivity index (χ0v) is 9.41. The molecule has 0 bridgehead atoms. The van der Waals surface area contributed by atoms with Crippen LogP contribution in [0.2, 0.25) is 0 Å². The molecule has 1 aromatic heterocycles. The second kappa shape index (κ2) is 3.79. The molecule has 1 aliphatic rings. The zero-order valence-electron chi connectivity index (χ0n) is 8.59. The first-order valence-corrected chi connectivity index (χ1v) is 6.13. The summed E-state index contributed by atoms with van der Waals surface area (Å²) >= 11 is 1.61. The standard InChI is InChI=1S/C12H10N2OS/c15-12-11-10(6-7-16-11)13-8-14(12)9-4-2-1-3-5-9/h1-5,8H,6-7H2. The molecule has 1 aliphatic heterocycles. The maximum absolute atomic E-state index is 12.2. The lowest BCUT2D eigenvalue weighted by Crippen LogP contribution is -2.20. The van der Waals surface area contributed by atoms with Crippen molar-refractivity contribution in [2.75, 3.05) is 5.75 Å². The summed E-state index contributed by atoms with van der Waals surface area (Å²) in [4.78, 5) is 17.3. The number of fused-ring (bicyclic) bond motifs is 1. The largest absolute Gasteiger partial charge is 0.271 e. The van der Waals surface area contributed by atoms with Gasteiger partial charge >= 0.3 is 0 Å². The van der Waals surface area contributed by atoms with E-state index in [1.54, 1.807) is 22.7 Å². The molecule has 3 nitrogen and oxygen atoms in total. The molecule has 0 spiro atoms. The number of rotatable bonds is 1. The maximum Gasteiger partial charge on any atom is 0.271 e. The fourth-order valence-electron chi connectivity index (χ4n) is 1.82. The van der Waals surface area contributed by atoms with Crippen molar-refractivity contribution in [3.05, 3.63) is 52.7 Å². The molecule has 2 heterocycles. The van der Waals surface area contributed by atoms with Crippen LogP contribution in [0, 0.1) is 0 Å². The lowest BCUT2D eigenvalue weighted by atomic mass is 10.3. The van der Waals surface area contributed by atoms with Gasteiger partial charge < -0.3 is 0 Å². The first-order chi connectivity index (χ1) is 7.86. The smallest absolute Gasteiger partial charge is 0.268 e. The summed E-state index contributed by atoms with van der Waals surface area (Å²) in [6, 6.07) is 9.60. The average molecular weight is 230 g/mol. The number of aromatic nitrogens is 2. The van der Waals surface area contributed by atoms with Crippen LogP contribution in [-0.4, -0.2) is 15.3 Å². The van der Waals surface area contributed by atoms with Gasteiger partial charge in [-0.25, -0.2) is 4.98 Å². The summed E-state index contributed by atoms with van der Waals surface area (Å²) in [7, 11) is 0. The molecule has 0 atom stereocenters. The molecule has 0 saturated heterocycles. The van der Waals surface area contributed by atoms with Gasteiger partial charge in [-0.2, -0.15) is 0 Å².